The molecule has 0 aromatic carbocycles. The van der Waals surface area contributed by atoms with Gasteiger partial charge in [-0.15, -0.1) is 0 Å². The van der Waals surface area contributed by atoms with Crippen LogP contribution in [0.4, 0.5) is 0 Å². The zero-order chi connectivity index (χ0) is 12.7. The molecule has 1 fully saturated rings. The third-order valence-corrected chi connectivity index (χ3v) is 3.42. The molecule has 0 aromatic rings. The van der Waals surface area contributed by atoms with Gasteiger partial charge in [0.05, 0.1) is 18.8 Å². The molecular weight excluding hydrogens is 218 g/mol. The number of hydrogen-bond donors (Lipinski definition) is 2. The molecule has 1 rings (SSSR count). The summed E-state index contributed by atoms with van der Waals surface area (Å²) in [6, 6.07) is 0.406. The predicted octanol–water partition coefficient (Wildman–Crippen LogP) is 1.01. The van der Waals surface area contributed by atoms with Crippen LogP contribution in [0.3, 0.4) is 0 Å². The van der Waals surface area contributed by atoms with Crippen molar-refractivity contribution >= 4 is 0 Å². The Balaban J connectivity index is 2.49. The number of hydrogen-bond acceptors (Lipinski definition) is 4. The molecule has 17 heavy (non-hydrogen) atoms. The fraction of sp³-hybridized carbons (Fsp3) is 1.00. The van der Waals surface area contributed by atoms with E-state index in [9.17, 15) is 10.2 Å². The van der Waals surface area contributed by atoms with Crippen molar-refractivity contribution < 1.29 is 14.9 Å². The van der Waals surface area contributed by atoms with Gasteiger partial charge in [0.25, 0.3) is 0 Å². The van der Waals surface area contributed by atoms with E-state index in [4.69, 9.17) is 4.74 Å². The average molecular weight is 245 g/mol. The van der Waals surface area contributed by atoms with Crippen LogP contribution >= 0.6 is 0 Å². The Morgan fingerprint density at radius 1 is 1.29 bits per heavy atom. The van der Waals surface area contributed by atoms with Crippen molar-refractivity contribution in [3.05, 3.63) is 0 Å². The van der Waals surface area contributed by atoms with Crippen molar-refractivity contribution in [2.24, 2.45) is 0 Å². The molecule has 1 aliphatic rings. The molecule has 0 bridgehead atoms. The molecule has 1 saturated heterocycles. The summed E-state index contributed by atoms with van der Waals surface area (Å²) in [6.45, 7) is 3.91. The zero-order valence-electron chi connectivity index (χ0n) is 11.1. The second-order valence-corrected chi connectivity index (χ2v) is 5.19. The van der Waals surface area contributed by atoms with Crippen molar-refractivity contribution in [2.75, 3.05) is 26.8 Å². The first-order valence-electron chi connectivity index (χ1n) is 6.72. The van der Waals surface area contributed by atoms with Gasteiger partial charge < -0.3 is 14.9 Å². The van der Waals surface area contributed by atoms with Crippen LogP contribution in [0.1, 0.15) is 39.0 Å². The van der Waals surface area contributed by atoms with Crippen molar-refractivity contribution in [3.8, 4) is 0 Å². The average Bonchev–Trinajstić information content (AvgIpc) is 2.44. The van der Waals surface area contributed by atoms with Crippen LogP contribution < -0.4 is 0 Å². The highest BCUT2D eigenvalue weighted by Crippen LogP contribution is 2.20. The summed E-state index contributed by atoms with van der Waals surface area (Å²) in [6.07, 6.45) is 4.93. The molecule has 0 aliphatic carbocycles. The van der Waals surface area contributed by atoms with Gasteiger partial charge in [0.15, 0.2) is 0 Å². The van der Waals surface area contributed by atoms with Gasteiger partial charge in [-0.1, -0.05) is 12.8 Å². The van der Waals surface area contributed by atoms with Gasteiger partial charge >= 0.3 is 0 Å². The summed E-state index contributed by atoms with van der Waals surface area (Å²) in [5, 5.41) is 19.4. The number of rotatable bonds is 6. The third-order valence-electron chi connectivity index (χ3n) is 3.42. The minimum Gasteiger partial charge on any atom is -0.393 e. The normalized spacial score (nSPS) is 26.5. The maximum Gasteiger partial charge on any atom is 0.0900 e. The Labute approximate surface area is 105 Å². The number of β-amino-alcohol motifs (C(OH)–C–C–N with tert-alkyl or cyclic N) is 1. The molecule has 2 N–H and O–H groups in total. The second-order valence-electron chi connectivity index (χ2n) is 5.19. The maximum atomic E-state index is 9.82. The topological polar surface area (TPSA) is 52.9 Å². The van der Waals surface area contributed by atoms with E-state index in [0.29, 0.717) is 19.2 Å². The number of aliphatic hydroxyl groups is 2. The number of ether oxygens (including phenoxy) is 1. The van der Waals surface area contributed by atoms with Crippen molar-refractivity contribution in [2.45, 2.75) is 57.3 Å². The Hall–Kier alpha value is -0.160. The molecule has 4 heteroatoms. The minimum atomic E-state index is -0.422. The van der Waals surface area contributed by atoms with E-state index in [1.807, 2.05) is 6.92 Å². The lowest BCUT2D eigenvalue weighted by molar-refractivity contribution is 0.0194. The molecule has 1 heterocycles. The summed E-state index contributed by atoms with van der Waals surface area (Å²) in [7, 11) is 1.61. The molecule has 3 atom stereocenters. The Morgan fingerprint density at radius 2 is 2.06 bits per heavy atom. The molecule has 1 aliphatic heterocycles. The first-order chi connectivity index (χ1) is 8.13. The molecule has 4 nitrogen and oxygen atoms in total. The fourth-order valence-corrected chi connectivity index (χ4v) is 2.65. The van der Waals surface area contributed by atoms with Gasteiger partial charge in [-0.2, -0.15) is 0 Å². The zero-order valence-corrected chi connectivity index (χ0v) is 11.1. The highest BCUT2D eigenvalue weighted by Gasteiger charge is 2.24. The lowest BCUT2D eigenvalue weighted by atomic mass is 10.0. The van der Waals surface area contributed by atoms with Gasteiger partial charge in [0.2, 0.25) is 0 Å². The first-order valence-corrected chi connectivity index (χ1v) is 6.72. The quantitative estimate of drug-likeness (QED) is 0.733. The minimum absolute atomic E-state index is 0.264. The fourth-order valence-electron chi connectivity index (χ4n) is 2.65. The Bertz CT molecular complexity index is 199. The van der Waals surface area contributed by atoms with Crippen LogP contribution in [0.5, 0.6) is 0 Å². The highest BCUT2D eigenvalue weighted by atomic mass is 16.5. The summed E-state index contributed by atoms with van der Waals surface area (Å²) in [4.78, 5) is 2.32. The van der Waals surface area contributed by atoms with Gasteiger partial charge in [-0.25, -0.2) is 0 Å². The van der Waals surface area contributed by atoms with E-state index in [1.54, 1.807) is 7.11 Å². The van der Waals surface area contributed by atoms with E-state index in [1.165, 1.54) is 19.3 Å². The SMILES string of the molecule is COCC(O)CN1CCCCCC1CC(C)O. The molecule has 3 unspecified atom stereocenters. The van der Waals surface area contributed by atoms with Crippen LogP contribution in [0.25, 0.3) is 0 Å². The van der Waals surface area contributed by atoms with Crippen LogP contribution in [-0.4, -0.2) is 60.2 Å². The van der Waals surface area contributed by atoms with Gasteiger partial charge in [0, 0.05) is 19.7 Å². The van der Waals surface area contributed by atoms with Crippen LogP contribution in [-0.2, 0) is 4.74 Å². The van der Waals surface area contributed by atoms with E-state index in [-0.39, 0.29) is 6.10 Å². The van der Waals surface area contributed by atoms with Gasteiger partial charge in [0.1, 0.15) is 0 Å². The number of aliphatic hydroxyl groups excluding tert-OH is 2. The van der Waals surface area contributed by atoms with Gasteiger partial charge in [-0.05, 0) is 32.7 Å². The molecule has 0 saturated carbocycles. The first kappa shape index (κ1) is 14.9. The standard InChI is InChI=1S/C13H27NO3/c1-11(15)8-12-6-4-3-5-7-14(12)9-13(16)10-17-2/h11-13,15-16H,3-10H2,1-2H3. The molecule has 0 radical (unpaired) electrons. The summed E-state index contributed by atoms with van der Waals surface area (Å²) >= 11 is 0. The van der Waals surface area contributed by atoms with Crippen molar-refractivity contribution in [3.63, 3.8) is 0 Å². The number of nitrogens with zero attached hydrogens (tertiary/aromatic N) is 1. The van der Waals surface area contributed by atoms with E-state index in [0.717, 1.165) is 19.4 Å². The highest BCUT2D eigenvalue weighted by molar-refractivity contribution is 4.79. The number of methoxy groups -OCH3 is 1. The lowest BCUT2D eigenvalue weighted by Crippen LogP contribution is -2.42. The molecule has 0 amide bonds. The van der Waals surface area contributed by atoms with Crippen molar-refractivity contribution in [1.82, 2.24) is 4.90 Å². The largest absolute Gasteiger partial charge is 0.393 e. The lowest BCUT2D eigenvalue weighted by Gasteiger charge is -2.32. The van der Waals surface area contributed by atoms with Crippen LogP contribution in [0.15, 0.2) is 0 Å². The molecular formula is C13H27NO3. The second kappa shape index (κ2) is 8.03. The number of likely N-dealkylation sites (tertiary alicyclic amines) is 1. The summed E-state index contributed by atoms with van der Waals surface area (Å²) < 4.78 is 4.97. The van der Waals surface area contributed by atoms with E-state index in [2.05, 4.69) is 4.90 Å². The Morgan fingerprint density at radius 3 is 2.71 bits per heavy atom. The monoisotopic (exact) mass is 245 g/mol. The van der Waals surface area contributed by atoms with E-state index >= 15 is 0 Å². The predicted molar refractivity (Wildman–Crippen MR) is 68.0 cm³/mol. The molecule has 0 spiro atoms. The molecule has 0 aromatic heterocycles. The molecule has 102 valence electrons. The van der Waals surface area contributed by atoms with Crippen molar-refractivity contribution in [1.29, 1.82) is 0 Å². The van der Waals surface area contributed by atoms with Crippen LogP contribution in [0.2, 0.25) is 0 Å². The summed E-state index contributed by atoms with van der Waals surface area (Å²) in [5.74, 6) is 0. The summed E-state index contributed by atoms with van der Waals surface area (Å²) in [5.41, 5.74) is 0. The smallest absolute Gasteiger partial charge is 0.0900 e. The Kier molecular flexibility index (Phi) is 7.04. The third kappa shape index (κ3) is 5.82. The van der Waals surface area contributed by atoms with E-state index < -0.39 is 6.10 Å². The van der Waals surface area contributed by atoms with Gasteiger partial charge in [-0.3, -0.25) is 4.90 Å². The maximum absolute atomic E-state index is 9.82. The van der Waals surface area contributed by atoms with Crippen LogP contribution in [0, 0.1) is 0 Å².